The minimum atomic E-state index is 0.0589. The quantitative estimate of drug-likeness (QED) is 0.759. The molecule has 0 spiro atoms. The van der Waals surface area contributed by atoms with Gasteiger partial charge in [0.25, 0.3) is 0 Å². The summed E-state index contributed by atoms with van der Waals surface area (Å²) in [6.07, 6.45) is 5.11. The summed E-state index contributed by atoms with van der Waals surface area (Å²) in [5.74, 6) is 1.28. The molecule has 1 aromatic carbocycles. The normalized spacial score (nSPS) is 22.2. The first-order valence-corrected chi connectivity index (χ1v) is 9.78. The molecule has 0 N–H and O–H groups in total. The number of rotatable bonds is 5. The van der Waals surface area contributed by atoms with Crippen LogP contribution in [-0.4, -0.2) is 60.8 Å². The third-order valence-corrected chi connectivity index (χ3v) is 5.82. The minimum absolute atomic E-state index is 0.0589. The van der Waals surface area contributed by atoms with Crippen LogP contribution < -0.4 is 4.74 Å². The zero-order valence-electron chi connectivity index (χ0n) is 15.9. The Balaban J connectivity index is 1.48. The first kappa shape index (κ1) is 18.9. The standard InChI is InChI=1S/C21H30N2O3/c1-16-5-3-4-12-23(16)20(24)15-22-13-10-18(11-14-22)21(25)17-6-8-19(26-2)9-7-17/h6-9,16,18H,3-5,10-15H2,1-2H3. The van der Waals surface area contributed by atoms with Gasteiger partial charge in [0.1, 0.15) is 5.75 Å². The number of benzene rings is 1. The smallest absolute Gasteiger partial charge is 0.236 e. The molecule has 1 atom stereocenters. The Morgan fingerprint density at radius 3 is 2.35 bits per heavy atom. The van der Waals surface area contributed by atoms with Crippen LogP contribution in [0.25, 0.3) is 0 Å². The first-order chi connectivity index (χ1) is 12.6. The highest BCUT2D eigenvalue weighted by molar-refractivity contribution is 5.98. The molecule has 5 nitrogen and oxygen atoms in total. The monoisotopic (exact) mass is 358 g/mol. The highest BCUT2D eigenvalue weighted by atomic mass is 16.5. The van der Waals surface area contributed by atoms with E-state index in [0.717, 1.165) is 56.6 Å². The Hall–Kier alpha value is -1.88. The summed E-state index contributed by atoms with van der Waals surface area (Å²) in [7, 11) is 1.62. The summed E-state index contributed by atoms with van der Waals surface area (Å²) in [5, 5.41) is 0. The fraction of sp³-hybridized carbons (Fsp3) is 0.619. The fourth-order valence-corrected chi connectivity index (χ4v) is 4.09. The lowest BCUT2D eigenvalue weighted by Gasteiger charge is -2.36. The average Bonchev–Trinajstić information content (AvgIpc) is 2.68. The number of methoxy groups -OCH3 is 1. The molecule has 1 amide bonds. The highest BCUT2D eigenvalue weighted by Crippen LogP contribution is 2.24. The van der Waals surface area contributed by atoms with Gasteiger partial charge >= 0.3 is 0 Å². The second kappa shape index (κ2) is 8.67. The number of nitrogens with zero attached hydrogens (tertiary/aromatic N) is 2. The Morgan fingerprint density at radius 2 is 1.73 bits per heavy atom. The van der Waals surface area contributed by atoms with Crippen molar-refractivity contribution in [3.8, 4) is 5.75 Å². The van der Waals surface area contributed by atoms with Gasteiger partial charge in [-0.15, -0.1) is 0 Å². The highest BCUT2D eigenvalue weighted by Gasteiger charge is 2.29. The van der Waals surface area contributed by atoms with Gasteiger partial charge in [-0.05, 0) is 76.4 Å². The van der Waals surface area contributed by atoms with Crippen LogP contribution in [0.2, 0.25) is 0 Å². The van der Waals surface area contributed by atoms with Gasteiger partial charge in [0.05, 0.1) is 13.7 Å². The molecular formula is C21H30N2O3. The van der Waals surface area contributed by atoms with E-state index >= 15 is 0 Å². The predicted octanol–water partition coefficient (Wildman–Crippen LogP) is 2.99. The van der Waals surface area contributed by atoms with Gasteiger partial charge in [-0.25, -0.2) is 0 Å². The maximum absolute atomic E-state index is 12.7. The van der Waals surface area contributed by atoms with Gasteiger partial charge < -0.3 is 9.64 Å². The molecular weight excluding hydrogens is 328 g/mol. The molecule has 2 fully saturated rings. The van der Waals surface area contributed by atoms with E-state index in [0.29, 0.717) is 12.6 Å². The fourth-order valence-electron chi connectivity index (χ4n) is 4.09. The Labute approximate surface area is 156 Å². The summed E-state index contributed by atoms with van der Waals surface area (Å²) in [4.78, 5) is 29.5. The zero-order chi connectivity index (χ0) is 18.5. The minimum Gasteiger partial charge on any atom is -0.497 e. The number of piperidine rings is 2. The van der Waals surface area contributed by atoms with Crippen molar-refractivity contribution in [2.45, 2.75) is 45.1 Å². The first-order valence-electron chi connectivity index (χ1n) is 9.78. The van der Waals surface area contributed by atoms with Crippen LogP contribution in [-0.2, 0) is 4.79 Å². The van der Waals surface area contributed by atoms with Crippen molar-refractivity contribution >= 4 is 11.7 Å². The lowest BCUT2D eigenvalue weighted by Crippen LogP contribution is -2.48. The summed E-state index contributed by atoms with van der Waals surface area (Å²) in [5.41, 5.74) is 0.752. The number of amides is 1. The number of Topliss-reactive ketones (excluding diaryl/α,β-unsaturated/α-hetero) is 1. The molecule has 2 aliphatic rings. The predicted molar refractivity (Wildman–Crippen MR) is 102 cm³/mol. The van der Waals surface area contributed by atoms with Crippen LogP contribution in [0.5, 0.6) is 5.75 Å². The summed E-state index contributed by atoms with van der Waals surface area (Å²) < 4.78 is 5.15. The van der Waals surface area contributed by atoms with Crippen LogP contribution in [0.15, 0.2) is 24.3 Å². The van der Waals surface area contributed by atoms with Gasteiger partial charge in [0.15, 0.2) is 5.78 Å². The maximum Gasteiger partial charge on any atom is 0.236 e. The van der Waals surface area contributed by atoms with Gasteiger partial charge in [0.2, 0.25) is 5.91 Å². The topological polar surface area (TPSA) is 49.9 Å². The molecule has 0 radical (unpaired) electrons. The zero-order valence-corrected chi connectivity index (χ0v) is 15.9. The van der Waals surface area contributed by atoms with Crippen LogP contribution >= 0.6 is 0 Å². The van der Waals surface area contributed by atoms with Crippen molar-refractivity contribution in [2.24, 2.45) is 5.92 Å². The van der Waals surface area contributed by atoms with Gasteiger partial charge in [-0.3, -0.25) is 14.5 Å². The largest absolute Gasteiger partial charge is 0.497 e. The molecule has 2 saturated heterocycles. The van der Waals surface area contributed by atoms with Crippen LogP contribution in [0.3, 0.4) is 0 Å². The third kappa shape index (κ3) is 4.44. The van der Waals surface area contributed by atoms with Crippen molar-refractivity contribution in [3.05, 3.63) is 29.8 Å². The van der Waals surface area contributed by atoms with E-state index in [-0.39, 0.29) is 17.6 Å². The van der Waals surface area contributed by atoms with E-state index in [1.165, 1.54) is 6.42 Å². The van der Waals surface area contributed by atoms with Crippen molar-refractivity contribution in [3.63, 3.8) is 0 Å². The summed E-state index contributed by atoms with van der Waals surface area (Å²) in [6, 6.07) is 7.72. The molecule has 0 saturated carbocycles. The number of ketones is 1. The van der Waals surface area contributed by atoms with E-state index in [9.17, 15) is 9.59 Å². The van der Waals surface area contributed by atoms with Crippen molar-refractivity contribution in [1.29, 1.82) is 0 Å². The molecule has 5 heteroatoms. The van der Waals surface area contributed by atoms with Gasteiger partial charge in [-0.1, -0.05) is 0 Å². The number of ether oxygens (including phenoxy) is 1. The second-order valence-electron chi connectivity index (χ2n) is 7.58. The number of hydrogen-bond donors (Lipinski definition) is 0. The Bertz CT molecular complexity index is 621. The van der Waals surface area contributed by atoms with E-state index in [4.69, 9.17) is 4.74 Å². The average molecular weight is 358 g/mol. The second-order valence-corrected chi connectivity index (χ2v) is 7.58. The molecule has 0 aromatic heterocycles. The van der Waals surface area contributed by atoms with E-state index in [2.05, 4.69) is 11.8 Å². The Morgan fingerprint density at radius 1 is 1.04 bits per heavy atom. The summed E-state index contributed by atoms with van der Waals surface area (Å²) in [6.45, 7) is 5.18. The van der Waals surface area contributed by atoms with Gasteiger partial charge in [0, 0.05) is 24.1 Å². The number of likely N-dealkylation sites (tertiary alicyclic amines) is 2. The lowest BCUT2D eigenvalue weighted by atomic mass is 9.89. The maximum atomic E-state index is 12.7. The SMILES string of the molecule is COc1ccc(C(=O)C2CCN(CC(=O)N3CCCCC3C)CC2)cc1. The van der Waals surface area contributed by atoms with Crippen LogP contribution in [0.4, 0.5) is 0 Å². The third-order valence-electron chi connectivity index (χ3n) is 5.82. The van der Waals surface area contributed by atoms with E-state index < -0.39 is 0 Å². The van der Waals surface area contributed by atoms with Gasteiger partial charge in [-0.2, -0.15) is 0 Å². The van der Waals surface area contributed by atoms with Crippen molar-refractivity contribution in [1.82, 2.24) is 9.80 Å². The Kier molecular flexibility index (Phi) is 6.30. The molecule has 0 bridgehead atoms. The van der Waals surface area contributed by atoms with Crippen LogP contribution in [0, 0.1) is 5.92 Å². The van der Waals surface area contributed by atoms with E-state index in [1.807, 2.05) is 29.2 Å². The van der Waals surface area contributed by atoms with E-state index in [1.54, 1.807) is 7.11 Å². The number of carbonyl (C=O) groups excluding carboxylic acids is 2. The molecule has 1 unspecified atom stereocenters. The molecule has 26 heavy (non-hydrogen) atoms. The molecule has 2 aliphatic heterocycles. The molecule has 0 aliphatic carbocycles. The van der Waals surface area contributed by atoms with Crippen LogP contribution in [0.1, 0.15) is 49.4 Å². The molecule has 2 heterocycles. The summed E-state index contributed by atoms with van der Waals surface area (Å²) >= 11 is 0. The molecule has 142 valence electrons. The number of carbonyl (C=O) groups is 2. The number of hydrogen-bond acceptors (Lipinski definition) is 4. The molecule has 1 aromatic rings. The molecule has 3 rings (SSSR count). The van der Waals surface area contributed by atoms with Crippen molar-refractivity contribution < 1.29 is 14.3 Å². The lowest BCUT2D eigenvalue weighted by molar-refractivity contribution is -0.135. The van der Waals surface area contributed by atoms with Crippen molar-refractivity contribution in [2.75, 3.05) is 33.3 Å².